The first kappa shape index (κ1) is 34.8. The molecule has 10 rings (SSSR count). The quantitative estimate of drug-likeness (QED) is 0.165. The van der Waals surface area contributed by atoms with Gasteiger partial charge in [-0.1, -0.05) is 137 Å². The van der Waals surface area contributed by atoms with Crippen molar-refractivity contribution in [1.82, 2.24) is 0 Å². The average molecular weight is 776 g/mol. The van der Waals surface area contributed by atoms with Gasteiger partial charge in [-0.25, -0.2) is 0 Å². The minimum Gasteiger partial charge on any atom is -0.311 e. The van der Waals surface area contributed by atoms with Gasteiger partial charge in [-0.3, -0.25) is 0 Å². The van der Waals surface area contributed by atoms with Crippen LogP contribution in [-0.4, -0.2) is 6.71 Å². The Morgan fingerprint density at radius 2 is 1.12 bits per heavy atom. The summed E-state index contributed by atoms with van der Waals surface area (Å²) >= 11 is 0. The second-order valence-electron chi connectivity index (χ2n) is 22.0. The van der Waals surface area contributed by atoms with Crippen LogP contribution in [-0.2, 0) is 27.1 Å². The molecule has 2 nitrogen and oxygen atoms in total. The maximum Gasteiger partial charge on any atom is 0.252 e. The molecule has 6 aromatic carbocycles. The Bertz CT molecular complexity index is 2860. The van der Waals surface area contributed by atoms with E-state index >= 15 is 0 Å². The lowest BCUT2D eigenvalue weighted by molar-refractivity contribution is 0.403. The number of benzene rings is 6. The van der Waals surface area contributed by atoms with Crippen LogP contribution in [0.15, 0.2) is 109 Å². The molecule has 2 aliphatic carbocycles. The van der Waals surface area contributed by atoms with Crippen LogP contribution in [0.3, 0.4) is 0 Å². The predicted octanol–water partition coefficient (Wildman–Crippen LogP) is 13.3. The molecule has 0 atom stereocenters. The maximum absolute atomic E-state index is 9.01. The van der Waals surface area contributed by atoms with Crippen molar-refractivity contribution in [1.29, 1.82) is 0 Å². The fourth-order valence-electron chi connectivity index (χ4n) is 12.3. The van der Waals surface area contributed by atoms with E-state index in [2.05, 4.69) is 190 Å². The van der Waals surface area contributed by atoms with Gasteiger partial charge in [0.25, 0.3) is 6.71 Å². The fourth-order valence-corrected chi connectivity index (χ4v) is 12.3. The van der Waals surface area contributed by atoms with E-state index in [0.29, 0.717) is 5.56 Å². The molecule has 4 aliphatic rings. The molecule has 0 bridgehead atoms. The van der Waals surface area contributed by atoms with Crippen molar-refractivity contribution in [2.24, 2.45) is 0 Å². The number of rotatable bonds is 3. The lowest BCUT2D eigenvalue weighted by Gasteiger charge is -2.45. The molecule has 298 valence electrons. The summed E-state index contributed by atoms with van der Waals surface area (Å²) < 4.78 is 27.0. The van der Waals surface area contributed by atoms with Gasteiger partial charge in [0.1, 0.15) is 0 Å². The largest absolute Gasteiger partial charge is 0.311 e. The number of hydrogen-bond acceptors (Lipinski definition) is 2. The molecule has 0 radical (unpaired) electrons. The molecule has 3 heteroatoms. The SMILES string of the molecule is [2H]C([2H])([2H])c1cc2c3c(c1)N(c1ccc(-c4ccccc4)cc1C)c1ccc(C(C)(C)C)cc1B3c1cc3c(cc1N2c1ccc2c(c1)C(C)(C)CC2(C)C)C(C)(C)CC3(C)C. The van der Waals surface area contributed by atoms with Crippen molar-refractivity contribution in [3.8, 4) is 11.1 Å². The van der Waals surface area contributed by atoms with E-state index in [0.717, 1.165) is 63.6 Å². The van der Waals surface area contributed by atoms with Crippen molar-refractivity contribution in [2.75, 3.05) is 9.80 Å². The van der Waals surface area contributed by atoms with E-state index in [1.165, 1.54) is 44.3 Å². The van der Waals surface area contributed by atoms with Crippen LogP contribution >= 0.6 is 0 Å². The minimum atomic E-state index is -2.34. The zero-order valence-electron chi connectivity index (χ0n) is 40.3. The Morgan fingerprint density at radius 3 is 1.76 bits per heavy atom. The van der Waals surface area contributed by atoms with Crippen LogP contribution in [0, 0.1) is 13.8 Å². The van der Waals surface area contributed by atoms with E-state index < -0.39 is 6.85 Å². The van der Waals surface area contributed by atoms with Crippen molar-refractivity contribution >= 4 is 57.2 Å². The third kappa shape index (κ3) is 5.66. The molecular formula is C56H61BN2. The number of fused-ring (bicyclic) bond motifs is 6. The Morgan fingerprint density at radius 1 is 0.525 bits per heavy atom. The molecule has 0 aromatic heterocycles. The van der Waals surface area contributed by atoms with Gasteiger partial charge >= 0.3 is 0 Å². The van der Waals surface area contributed by atoms with Crippen molar-refractivity contribution < 1.29 is 4.11 Å². The summed E-state index contributed by atoms with van der Waals surface area (Å²) in [6, 6.07) is 40.5. The summed E-state index contributed by atoms with van der Waals surface area (Å²) in [5.41, 5.74) is 20.6. The van der Waals surface area contributed by atoms with Gasteiger partial charge in [0.2, 0.25) is 0 Å². The van der Waals surface area contributed by atoms with E-state index in [1.807, 2.05) is 12.1 Å². The van der Waals surface area contributed by atoms with Crippen LogP contribution in [0.5, 0.6) is 0 Å². The highest BCUT2D eigenvalue weighted by atomic mass is 15.2. The first-order valence-corrected chi connectivity index (χ1v) is 21.8. The molecule has 59 heavy (non-hydrogen) atoms. The smallest absolute Gasteiger partial charge is 0.252 e. The number of aryl methyl sites for hydroxylation is 2. The first-order valence-electron chi connectivity index (χ1n) is 23.3. The van der Waals surface area contributed by atoms with E-state index in [-0.39, 0.29) is 33.8 Å². The molecular weight excluding hydrogens is 711 g/mol. The van der Waals surface area contributed by atoms with Gasteiger partial charge in [0, 0.05) is 38.2 Å². The van der Waals surface area contributed by atoms with Crippen LogP contribution in [0.2, 0.25) is 0 Å². The molecule has 0 fully saturated rings. The maximum atomic E-state index is 9.01. The van der Waals surface area contributed by atoms with Gasteiger partial charge in [0.05, 0.1) is 0 Å². The molecule has 0 saturated carbocycles. The summed E-state index contributed by atoms with van der Waals surface area (Å²) in [5, 5.41) is 0. The number of anilines is 6. The zero-order chi connectivity index (χ0) is 44.3. The summed E-state index contributed by atoms with van der Waals surface area (Å²) in [5.74, 6) is 0. The number of hydrogen-bond donors (Lipinski definition) is 0. The molecule has 0 amide bonds. The molecule has 0 spiro atoms. The van der Waals surface area contributed by atoms with Crippen molar-refractivity contribution in [2.45, 2.75) is 130 Å². The normalized spacial score (nSPS) is 19.5. The summed E-state index contributed by atoms with van der Waals surface area (Å²) in [4.78, 5) is 4.83. The third-order valence-electron chi connectivity index (χ3n) is 14.6. The van der Waals surface area contributed by atoms with Crippen LogP contribution in [0.4, 0.5) is 34.1 Å². The second-order valence-corrected chi connectivity index (χ2v) is 22.0. The van der Waals surface area contributed by atoms with Gasteiger partial charge in [0.15, 0.2) is 0 Å². The van der Waals surface area contributed by atoms with Gasteiger partial charge in [-0.15, -0.1) is 0 Å². The molecule has 0 unspecified atom stereocenters. The predicted molar refractivity (Wildman–Crippen MR) is 255 cm³/mol. The van der Waals surface area contributed by atoms with E-state index in [1.54, 1.807) is 0 Å². The van der Waals surface area contributed by atoms with E-state index in [9.17, 15) is 0 Å². The molecule has 0 saturated heterocycles. The minimum absolute atomic E-state index is 0.00943. The Balaban J connectivity index is 1.33. The van der Waals surface area contributed by atoms with Gasteiger partial charge in [-0.05, 0) is 169 Å². The standard InChI is InChI=1S/C56H61BN2/c1-34-25-49-51-50(26-34)59(46-23-19-37(27-35(46)2)36-17-15-14-16-18-36)47-24-20-38(52(3,4)5)28-44(47)57(51)45-30-42-43(56(12,13)33-55(42,10)11)31-48(45)58(49)39-21-22-40-41(29-39)54(8,9)32-53(40,6)7/h14-31H,32-33H2,1-13H3/i1D3. The summed E-state index contributed by atoms with van der Waals surface area (Å²) in [7, 11) is 0. The Kier molecular flexibility index (Phi) is 7.24. The van der Waals surface area contributed by atoms with Gasteiger partial charge in [-0.2, -0.15) is 0 Å². The molecule has 2 heterocycles. The highest BCUT2D eigenvalue weighted by Crippen LogP contribution is 2.55. The molecule has 2 aliphatic heterocycles. The molecule has 6 aromatic rings. The highest BCUT2D eigenvalue weighted by Gasteiger charge is 2.49. The Labute approximate surface area is 359 Å². The second kappa shape index (κ2) is 12.3. The van der Waals surface area contributed by atoms with Crippen LogP contribution < -0.4 is 26.2 Å². The highest BCUT2D eigenvalue weighted by molar-refractivity contribution is 7.00. The third-order valence-corrected chi connectivity index (χ3v) is 14.6. The monoisotopic (exact) mass is 776 g/mol. The average Bonchev–Trinajstić information content (AvgIpc) is 3.49. The lowest BCUT2D eigenvalue weighted by Crippen LogP contribution is -2.61. The van der Waals surface area contributed by atoms with Crippen molar-refractivity contribution in [3.63, 3.8) is 0 Å². The zero-order valence-corrected chi connectivity index (χ0v) is 37.3. The van der Waals surface area contributed by atoms with Gasteiger partial charge < -0.3 is 9.80 Å². The topological polar surface area (TPSA) is 6.48 Å². The summed E-state index contributed by atoms with van der Waals surface area (Å²) in [6.45, 7) is 25.8. The summed E-state index contributed by atoms with van der Waals surface area (Å²) in [6.07, 6.45) is 2.13. The van der Waals surface area contributed by atoms with Crippen LogP contribution in [0.25, 0.3) is 11.1 Å². The van der Waals surface area contributed by atoms with Crippen molar-refractivity contribution in [3.05, 3.63) is 148 Å². The number of nitrogens with zero attached hydrogens (tertiary/aromatic N) is 2. The lowest BCUT2D eigenvalue weighted by atomic mass is 9.33. The van der Waals surface area contributed by atoms with Crippen LogP contribution in [0.1, 0.15) is 132 Å². The van der Waals surface area contributed by atoms with E-state index in [4.69, 9.17) is 4.11 Å². The first-order chi connectivity index (χ1) is 28.9. The fraction of sp³-hybridized carbons (Fsp3) is 0.357. The molecule has 0 N–H and O–H groups in total. The Hall–Kier alpha value is -5.02.